The minimum atomic E-state index is -0.347. The van der Waals surface area contributed by atoms with Crippen LogP contribution in [-0.2, 0) is 11.3 Å². The highest BCUT2D eigenvalue weighted by Gasteiger charge is 2.31. The second-order valence-corrected chi connectivity index (χ2v) is 11.5. The molecular formula is C27H32Cl4N4O2. The maximum atomic E-state index is 13.6. The van der Waals surface area contributed by atoms with Gasteiger partial charge in [0.2, 0.25) is 5.91 Å². The van der Waals surface area contributed by atoms with Crippen molar-refractivity contribution in [1.82, 2.24) is 20.4 Å². The molecule has 37 heavy (non-hydrogen) atoms. The van der Waals surface area contributed by atoms with Gasteiger partial charge >= 0.3 is 0 Å². The summed E-state index contributed by atoms with van der Waals surface area (Å²) in [5.74, 6) is -0.211. The molecule has 10 heteroatoms. The predicted octanol–water partition coefficient (Wildman–Crippen LogP) is 5.67. The van der Waals surface area contributed by atoms with E-state index in [1.807, 2.05) is 17.0 Å². The Hall–Kier alpha value is -1.54. The molecule has 0 aromatic heterocycles. The van der Waals surface area contributed by atoms with Crippen molar-refractivity contribution in [3.63, 3.8) is 0 Å². The molecule has 2 heterocycles. The number of likely N-dealkylation sites (tertiary alicyclic amines) is 1. The minimum Gasteiger partial charge on any atom is -0.350 e. The number of nitrogens with zero attached hydrogens (tertiary/aromatic N) is 2. The summed E-state index contributed by atoms with van der Waals surface area (Å²) in [5.41, 5.74) is 1.27. The first-order valence-electron chi connectivity index (χ1n) is 12.7. The van der Waals surface area contributed by atoms with Crippen molar-refractivity contribution >= 4 is 58.2 Å². The van der Waals surface area contributed by atoms with E-state index in [4.69, 9.17) is 46.4 Å². The largest absolute Gasteiger partial charge is 0.350 e. The molecule has 2 aromatic carbocycles. The quantitative estimate of drug-likeness (QED) is 0.419. The summed E-state index contributed by atoms with van der Waals surface area (Å²) in [6.07, 6.45) is 5.08. The summed E-state index contributed by atoms with van der Waals surface area (Å²) in [6.45, 7) is 4.38. The van der Waals surface area contributed by atoms with Gasteiger partial charge in [-0.05, 0) is 80.7 Å². The van der Waals surface area contributed by atoms with Crippen LogP contribution in [0.15, 0.2) is 36.4 Å². The summed E-state index contributed by atoms with van der Waals surface area (Å²) >= 11 is 24.6. The lowest BCUT2D eigenvalue weighted by molar-refractivity contribution is -0.133. The molecule has 2 atom stereocenters. The molecule has 2 saturated heterocycles. The van der Waals surface area contributed by atoms with Crippen molar-refractivity contribution in [1.29, 1.82) is 0 Å². The third-order valence-corrected chi connectivity index (χ3v) is 7.94. The van der Waals surface area contributed by atoms with Gasteiger partial charge in [0.1, 0.15) is 0 Å². The topological polar surface area (TPSA) is 64.7 Å². The molecule has 2 amide bonds. The lowest BCUT2D eigenvalue weighted by Crippen LogP contribution is -2.50. The van der Waals surface area contributed by atoms with E-state index in [0.717, 1.165) is 25.2 Å². The molecule has 0 saturated carbocycles. The van der Waals surface area contributed by atoms with Gasteiger partial charge in [0.05, 0.1) is 16.6 Å². The number of carbonyl (C=O) groups is 2. The average molecular weight is 586 g/mol. The number of piperidine rings is 1. The van der Waals surface area contributed by atoms with E-state index in [-0.39, 0.29) is 23.9 Å². The molecule has 6 nitrogen and oxygen atoms in total. The van der Waals surface area contributed by atoms with Crippen molar-refractivity contribution in [3.05, 3.63) is 67.6 Å². The van der Waals surface area contributed by atoms with Crippen LogP contribution in [0.4, 0.5) is 0 Å². The van der Waals surface area contributed by atoms with Crippen LogP contribution in [0.3, 0.4) is 0 Å². The Morgan fingerprint density at radius 3 is 2.38 bits per heavy atom. The van der Waals surface area contributed by atoms with Gasteiger partial charge in [0, 0.05) is 47.3 Å². The fraction of sp³-hybridized carbons (Fsp3) is 0.481. The number of hydrogen-bond donors (Lipinski definition) is 2. The van der Waals surface area contributed by atoms with Crippen molar-refractivity contribution in [2.75, 3.05) is 32.7 Å². The fourth-order valence-corrected chi connectivity index (χ4v) is 6.07. The number of halogens is 4. The van der Waals surface area contributed by atoms with Crippen LogP contribution >= 0.6 is 46.4 Å². The van der Waals surface area contributed by atoms with E-state index in [1.165, 1.54) is 19.3 Å². The molecule has 2 aliphatic heterocycles. The molecule has 0 aliphatic carbocycles. The number of hydrogen-bond acceptors (Lipinski definition) is 4. The molecule has 0 unspecified atom stereocenters. The number of amides is 2. The first-order chi connectivity index (χ1) is 17.8. The van der Waals surface area contributed by atoms with Crippen LogP contribution in [0.2, 0.25) is 20.1 Å². The van der Waals surface area contributed by atoms with E-state index in [9.17, 15) is 9.59 Å². The van der Waals surface area contributed by atoms with Gasteiger partial charge in [-0.1, -0.05) is 52.8 Å². The van der Waals surface area contributed by atoms with E-state index in [2.05, 4.69) is 15.5 Å². The lowest BCUT2D eigenvalue weighted by atomic mass is 10.1. The van der Waals surface area contributed by atoms with Gasteiger partial charge in [0.25, 0.3) is 5.91 Å². The maximum Gasteiger partial charge on any atom is 0.252 e. The average Bonchev–Trinajstić information content (AvgIpc) is 3.00. The second kappa shape index (κ2) is 13.5. The zero-order valence-electron chi connectivity index (χ0n) is 20.6. The van der Waals surface area contributed by atoms with Crippen molar-refractivity contribution in [2.45, 2.75) is 50.7 Å². The van der Waals surface area contributed by atoms with E-state index in [0.29, 0.717) is 58.1 Å². The summed E-state index contributed by atoms with van der Waals surface area (Å²) in [4.78, 5) is 30.7. The first-order valence-corrected chi connectivity index (χ1v) is 14.2. The van der Waals surface area contributed by atoms with E-state index >= 15 is 0 Å². The molecule has 4 rings (SSSR count). The molecule has 2 aromatic rings. The van der Waals surface area contributed by atoms with Gasteiger partial charge in [-0.2, -0.15) is 0 Å². The van der Waals surface area contributed by atoms with Crippen molar-refractivity contribution in [3.8, 4) is 0 Å². The van der Waals surface area contributed by atoms with Gasteiger partial charge < -0.3 is 20.4 Å². The summed E-state index contributed by atoms with van der Waals surface area (Å²) < 4.78 is 0. The summed E-state index contributed by atoms with van der Waals surface area (Å²) in [5, 5.41) is 8.38. The Morgan fingerprint density at radius 1 is 0.946 bits per heavy atom. The van der Waals surface area contributed by atoms with Gasteiger partial charge in [0.15, 0.2) is 0 Å². The van der Waals surface area contributed by atoms with Crippen LogP contribution in [0.5, 0.6) is 0 Å². The third-order valence-electron chi connectivity index (χ3n) is 6.96. The smallest absolute Gasteiger partial charge is 0.252 e. The van der Waals surface area contributed by atoms with Crippen LogP contribution in [-0.4, -0.2) is 66.4 Å². The zero-order valence-corrected chi connectivity index (χ0v) is 23.6. The number of nitrogens with one attached hydrogen (secondary N) is 2. The molecule has 200 valence electrons. The minimum absolute atomic E-state index is 0.0580. The Balaban J connectivity index is 1.44. The van der Waals surface area contributed by atoms with Crippen molar-refractivity contribution in [2.24, 2.45) is 0 Å². The fourth-order valence-electron chi connectivity index (χ4n) is 5.01. The summed E-state index contributed by atoms with van der Waals surface area (Å²) in [6, 6.07) is 9.76. The second-order valence-electron chi connectivity index (χ2n) is 9.77. The van der Waals surface area contributed by atoms with Gasteiger partial charge in [-0.15, -0.1) is 0 Å². The molecule has 0 spiro atoms. The van der Waals surface area contributed by atoms with Crippen LogP contribution in [0.1, 0.15) is 48.0 Å². The highest BCUT2D eigenvalue weighted by Crippen LogP contribution is 2.23. The molecule has 0 bridgehead atoms. The lowest BCUT2D eigenvalue weighted by Gasteiger charge is -2.30. The number of carbonyl (C=O) groups excluding carboxylic acids is 2. The van der Waals surface area contributed by atoms with Crippen LogP contribution in [0.25, 0.3) is 0 Å². The molecule has 2 fully saturated rings. The predicted molar refractivity (Wildman–Crippen MR) is 151 cm³/mol. The first kappa shape index (κ1) is 28.5. The number of rotatable bonds is 8. The maximum absolute atomic E-state index is 13.6. The highest BCUT2D eigenvalue weighted by atomic mass is 35.5. The SMILES string of the molecule is O=C(NC[C@H]1CCN(Cc2cc(Cl)cc(Cl)c2)C(=O)[C@@H](CCN2CCCCC2)N1)c1ccc(Cl)cc1Cl. The zero-order chi connectivity index (χ0) is 26.4. The number of benzene rings is 2. The Labute approximate surface area is 238 Å². The standard InChI is InChI=1S/C27H32Cl4N4O2/c28-19-4-5-23(24(31)15-19)26(36)32-16-22-6-11-35(17-18-12-20(29)14-21(30)13-18)27(37)25(33-22)7-10-34-8-2-1-3-9-34/h4-5,12-15,22,25,33H,1-3,6-11,16-17H2,(H,32,36)/t22-,25-/m1/s1. The molecular weight excluding hydrogens is 554 g/mol. The summed E-state index contributed by atoms with van der Waals surface area (Å²) in [7, 11) is 0. The highest BCUT2D eigenvalue weighted by molar-refractivity contribution is 6.36. The Kier molecular flexibility index (Phi) is 10.4. The molecule has 2 N–H and O–H groups in total. The van der Waals surface area contributed by atoms with Gasteiger partial charge in [-0.25, -0.2) is 0 Å². The van der Waals surface area contributed by atoms with Gasteiger partial charge in [-0.3, -0.25) is 9.59 Å². The Bertz CT molecular complexity index is 1090. The van der Waals surface area contributed by atoms with E-state index in [1.54, 1.807) is 24.3 Å². The third kappa shape index (κ3) is 8.22. The monoisotopic (exact) mass is 584 g/mol. The Morgan fingerprint density at radius 2 is 1.68 bits per heavy atom. The van der Waals surface area contributed by atoms with Crippen molar-refractivity contribution < 1.29 is 9.59 Å². The van der Waals surface area contributed by atoms with Crippen LogP contribution < -0.4 is 10.6 Å². The van der Waals surface area contributed by atoms with E-state index < -0.39 is 0 Å². The molecule has 0 radical (unpaired) electrons. The normalized spacial score (nSPS) is 21.1. The van der Waals surface area contributed by atoms with Crippen LogP contribution in [0, 0.1) is 0 Å². The molecule has 2 aliphatic rings.